The smallest absolute Gasteiger partial charge is 0.408 e. The number of carbonyl (C=O) groups is 2. The van der Waals surface area contributed by atoms with E-state index in [4.69, 9.17) is 4.74 Å². The highest BCUT2D eigenvalue weighted by molar-refractivity contribution is 8.68. The lowest BCUT2D eigenvalue weighted by Gasteiger charge is -2.22. The number of hydrogen-bond acceptors (Lipinski definition) is 6. The number of methoxy groups -OCH3 is 1. The van der Waals surface area contributed by atoms with Crippen molar-refractivity contribution < 1.29 is 19.1 Å². The van der Waals surface area contributed by atoms with Crippen LogP contribution in [-0.4, -0.2) is 36.6 Å². The van der Waals surface area contributed by atoms with Crippen molar-refractivity contribution in [1.82, 2.24) is 5.32 Å². The van der Waals surface area contributed by atoms with Gasteiger partial charge in [0.25, 0.3) is 0 Å². The Morgan fingerprint density at radius 2 is 2.00 bits per heavy atom. The zero-order chi connectivity index (χ0) is 12.8. The van der Waals surface area contributed by atoms with E-state index in [1.807, 2.05) is 0 Å². The number of esters is 1. The SMILES string of the molecule is COC(=O)C(CSS)NC(=O)OC(C)(C)C. The predicted molar refractivity (Wildman–Crippen MR) is 66.6 cm³/mol. The quantitative estimate of drug-likeness (QED) is 0.460. The van der Waals surface area contributed by atoms with Crippen LogP contribution in [0.1, 0.15) is 20.8 Å². The first-order valence-electron chi connectivity index (χ1n) is 4.64. The Bertz CT molecular complexity index is 252. The highest BCUT2D eigenvalue weighted by Crippen LogP contribution is 2.10. The van der Waals surface area contributed by atoms with Gasteiger partial charge in [-0.2, -0.15) is 0 Å². The Morgan fingerprint density at radius 1 is 1.44 bits per heavy atom. The molecule has 0 radical (unpaired) electrons. The van der Waals surface area contributed by atoms with Crippen LogP contribution >= 0.6 is 22.5 Å². The van der Waals surface area contributed by atoms with Gasteiger partial charge in [0.15, 0.2) is 0 Å². The number of carbonyl (C=O) groups excluding carboxylic acids is 2. The summed E-state index contributed by atoms with van der Waals surface area (Å²) in [4.78, 5) is 22.7. The van der Waals surface area contributed by atoms with Crippen molar-refractivity contribution in [2.75, 3.05) is 12.9 Å². The lowest BCUT2D eigenvalue weighted by molar-refractivity contribution is -0.142. The summed E-state index contributed by atoms with van der Waals surface area (Å²) in [5.74, 6) is -0.206. The van der Waals surface area contributed by atoms with Crippen molar-refractivity contribution in [3.8, 4) is 0 Å². The van der Waals surface area contributed by atoms with E-state index in [0.29, 0.717) is 5.75 Å². The van der Waals surface area contributed by atoms with Crippen LogP contribution in [0.4, 0.5) is 4.79 Å². The second-order valence-electron chi connectivity index (χ2n) is 4.02. The average Bonchev–Trinajstić information content (AvgIpc) is 2.13. The van der Waals surface area contributed by atoms with Crippen molar-refractivity contribution in [1.29, 1.82) is 0 Å². The third-order valence-electron chi connectivity index (χ3n) is 1.42. The Morgan fingerprint density at radius 3 is 2.38 bits per heavy atom. The number of alkyl carbamates (subject to hydrolysis) is 1. The van der Waals surface area contributed by atoms with Gasteiger partial charge in [0.1, 0.15) is 11.6 Å². The van der Waals surface area contributed by atoms with Gasteiger partial charge in [-0.15, -0.1) is 11.7 Å². The van der Waals surface area contributed by atoms with Gasteiger partial charge in [-0.3, -0.25) is 0 Å². The van der Waals surface area contributed by atoms with Crippen LogP contribution in [0.15, 0.2) is 0 Å². The largest absolute Gasteiger partial charge is 0.467 e. The Hall–Kier alpha value is -0.560. The monoisotopic (exact) mass is 267 g/mol. The van der Waals surface area contributed by atoms with Gasteiger partial charge in [0.2, 0.25) is 0 Å². The number of thiol groups is 1. The summed E-state index contributed by atoms with van der Waals surface area (Å²) in [6.45, 7) is 5.23. The van der Waals surface area contributed by atoms with Crippen molar-refractivity contribution >= 4 is 34.5 Å². The summed E-state index contributed by atoms with van der Waals surface area (Å²) >= 11 is 3.92. The minimum atomic E-state index is -0.748. The van der Waals surface area contributed by atoms with Gasteiger partial charge in [-0.05, 0) is 20.8 Å². The van der Waals surface area contributed by atoms with Gasteiger partial charge in [-0.1, -0.05) is 10.8 Å². The van der Waals surface area contributed by atoms with E-state index in [0.717, 1.165) is 10.8 Å². The maximum absolute atomic E-state index is 11.4. The third-order valence-corrected chi connectivity index (χ3v) is 2.35. The molecular formula is C9H17NO4S2. The Balaban J connectivity index is 4.29. The molecule has 0 aromatic carbocycles. The van der Waals surface area contributed by atoms with Gasteiger partial charge in [0.05, 0.1) is 7.11 Å². The van der Waals surface area contributed by atoms with Gasteiger partial charge < -0.3 is 14.8 Å². The molecule has 94 valence electrons. The number of rotatable bonds is 4. The molecule has 0 bridgehead atoms. The summed E-state index contributed by atoms with van der Waals surface area (Å²) in [5.41, 5.74) is -0.598. The molecule has 1 atom stereocenters. The summed E-state index contributed by atoms with van der Waals surface area (Å²) in [6, 6.07) is -0.748. The van der Waals surface area contributed by atoms with E-state index in [9.17, 15) is 9.59 Å². The molecule has 0 fully saturated rings. The number of hydrogen-bond donors (Lipinski definition) is 2. The van der Waals surface area contributed by atoms with Crippen molar-refractivity contribution in [3.63, 3.8) is 0 Å². The van der Waals surface area contributed by atoms with E-state index < -0.39 is 23.7 Å². The molecule has 0 rings (SSSR count). The summed E-state index contributed by atoms with van der Waals surface area (Å²) in [5, 5.41) is 2.42. The standard InChI is InChI=1S/C9H17NO4S2/c1-9(2,3)14-8(12)10-6(5-16-15)7(11)13-4/h6,15H,5H2,1-4H3,(H,10,12). The van der Waals surface area contributed by atoms with Gasteiger partial charge in [-0.25, -0.2) is 9.59 Å². The van der Waals surface area contributed by atoms with Crippen LogP contribution in [0, 0.1) is 0 Å². The van der Waals surface area contributed by atoms with Crippen LogP contribution in [0.3, 0.4) is 0 Å². The molecule has 0 aliphatic rings. The van der Waals surface area contributed by atoms with E-state index >= 15 is 0 Å². The molecule has 0 aromatic rings. The average molecular weight is 267 g/mol. The van der Waals surface area contributed by atoms with E-state index in [1.54, 1.807) is 20.8 Å². The fourth-order valence-corrected chi connectivity index (χ4v) is 1.65. The van der Waals surface area contributed by atoms with Crippen molar-refractivity contribution in [2.24, 2.45) is 0 Å². The van der Waals surface area contributed by atoms with Crippen LogP contribution in [0.25, 0.3) is 0 Å². The molecular weight excluding hydrogens is 250 g/mol. The maximum atomic E-state index is 11.4. The molecule has 0 aromatic heterocycles. The van der Waals surface area contributed by atoms with Gasteiger partial charge in [0, 0.05) is 5.75 Å². The van der Waals surface area contributed by atoms with Crippen molar-refractivity contribution in [2.45, 2.75) is 32.4 Å². The molecule has 0 aliphatic carbocycles. The number of nitrogens with one attached hydrogen (secondary N) is 1. The normalized spacial score (nSPS) is 12.8. The van der Waals surface area contributed by atoms with E-state index in [2.05, 4.69) is 21.7 Å². The van der Waals surface area contributed by atoms with Crippen LogP contribution in [0.5, 0.6) is 0 Å². The van der Waals surface area contributed by atoms with Crippen LogP contribution in [0.2, 0.25) is 0 Å². The van der Waals surface area contributed by atoms with Crippen molar-refractivity contribution in [3.05, 3.63) is 0 Å². The number of ether oxygens (including phenoxy) is 2. The number of amides is 1. The van der Waals surface area contributed by atoms with Crippen LogP contribution < -0.4 is 5.32 Å². The fourth-order valence-electron chi connectivity index (χ4n) is 0.835. The van der Waals surface area contributed by atoms with E-state index in [-0.39, 0.29) is 0 Å². The summed E-state index contributed by atoms with van der Waals surface area (Å²) in [6.07, 6.45) is -0.648. The minimum absolute atomic E-state index is 0.315. The zero-order valence-corrected chi connectivity index (χ0v) is 11.5. The molecule has 0 spiro atoms. The first-order valence-corrected chi connectivity index (χ1v) is 6.67. The maximum Gasteiger partial charge on any atom is 0.408 e. The zero-order valence-electron chi connectivity index (χ0n) is 9.77. The van der Waals surface area contributed by atoms with Gasteiger partial charge >= 0.3 is 12.1 Å². The molecule has 16 heavy (non-hydrogen) atoms. The Labute approximate surface area is 104 Å². The molecule has 0 aliphatic heterocycles. The first-order chi connectivity index (χ1) is 7.30. The highest BCUT2D eigenvalue weighted by atomic mass is 33.1. The Kier molecular flexibility index (Phi) is 6.66. The molecule has 1 amide bonds. The first kappa shape index (κ1) is 15.4. The minimum Gasteiger partial charge on any atom is -0.467 e. The lowest BCUT2D eigenvalue weighted by atomic mass is 10.2. The second-order valence-corrected chi connectivity index (χ2v) is 5.38. The molecule has 7 heteroatoms. The topological polar surface area (TPSA) is 64.6 Å². The molecule has 0 saturated heterocycles. The predicted octanol–water partition coefficient (Wildman–Crippen LogP) is 1.63. The van der Waals surface area contributed by atoms with Crippen LogP contribution in [-0.2, 0) is 14.3 Å². The third kappa shape index (κ3) is 6.84. The summed E-state index contributed by atoms with van der Waals surface area (Å²) in [7, 11) is 2.40. The fraction of sp³-hybridized carbons (Fsp3) is 0.778. The molecule has 0 saturated carbocycles. The molecule has 1 unspecified atom stereocenters. The second kappa shape index (κ2) is 6.90. The molecule has 5 nitrogen and oxygen atoms in total. The van der Waals surface area contributed by atoms with E-state index in [1.165, 1.54) is 7.11 Å². The highest BCUT2D eigenvalue weighted by Gasteiger charge is 2.24. The lowest BCUT2D eigenvalue weighted by Crippen LogP contribution is -2.45. The molecule has 0 heterocycles. The summed E-state index contributed by atoms with van der Waals surface area (Å²) < 4.78 is 9.56. The molecule has 1 N–H and O–H groups in total.